The van der Waals surface area contributed by atoms with Crippen LogP contribution in [0.2, 0.25) is 0 Å². The van der Waals surface area contributed by atoms with Gasteiger partial charge in [0.05, 0.1) is 0 Å². The Morgan fingerprint density at radius 3 is 2.47 bits per heavy atom. The quantitative estimate of drug-likeness (QED) is 0.860. The molecule has 0 aliphatic heterocycles. The van der Waals surface area contributed by atoms with Gasteiger partial charge in [-0.15, -0.1) is 0 Å². The van der Waals surface area contributed by atoms with Crippen molar-refractivity contribution in [2.45, 2.75) is 32.1 Å². The van der Waals surface area contributed by atoms with Crippen molar-refractivity contribution in [3.63, 3.8) is 0 Å². The van der Waals surface area contributed by atoms with Crippen molar-refractivity contribution in [1.82, 2.24) is 0 Å². The van der Waals surface area contributed by atoms with Gasteiger partial charge >= 0.3 is 0 Å². The maximum absolute atomic E-state index is 13.6. The lowest BCUT2D eigenvalue weighted by molar-refractivity contribution is 0.240. The van der Waals surface area contributed by atoms with E-state index in [1.54, 1.807) is 6.07 Å². The van der Waals surface area contributed by atoms with Gasteiger partial charge in [-0.1, -0.05) is 18.9 Å². The van der Waals surface area contributed by atoms with Gasteiger partial charge in [-0.05, 0) is 49.3 Å². The lowest BCUT2D eigenvalue weighted by Crippen LogP contribution is -2.28. The summed E-state index contributed by atoms with van der Waals surface area (Å²) in [6.07, 6.45) is 5.37. The van der Waals surface area contributed by atoms with Gasteiger partial charge in [0.2, 0.25) is 0 Å². The number of rotatable bonds is 3. The maximum Gasteiger partial charge on any atom is 0.129 e. The zero-order chi connectivity index (χ0) is 12.3. The van der Waals surface area contributed by atoms with Gasteiger partial charge in [0.15, 0.2) is 0 Å². The molecule has 2 rings (SSSR count). The third-order valence-electron chi connectivity index (χ3n) is 3.87. The van der Waals surface area contributed by atoms with Crippen LogP contribution in [0.5, 0.6) is 0 Å². The second kappa shape index (κ2) is 5.58. The molecule has 2 unspecified atom stereocenters. The highest BCUT2D eigenvalue weighted by molar-refractivity contribution is 5.19. The first-order chi connectivity index (χ1) is 8.20. The molecule has 0 aromatic heterocycles. The van der Waals surface area contributed by atoms with E-state index in [4.69, 9.17) is 5.73 Å². The van der Waals surface area contributed by atoms with Crippen LogP contribution in [0.3, 0.4) is 0 Å². The molecule has 0 saturated heterocycles. The topological polar surface area (TPSA) is 26.0 Å². The van der Waals surface area contributed by atoms with E-state index in [1.165, 1.54) is 18.9 Å². The third kappa shape index (κ3) is 3.03. The fourth-order valence-electron chi connectivity index (χ4n) is 2.83. The standard InChI is InChI=1S/C14H19F2N/c15-13-6-5-11(14(16)8-13)7-10-3-1-2-4-12(10)9-17/h5-6,8,10,12H,1-4,7,9,17H2. The van der Waals surface area contributed by atoms with Gasteiger partial charge in [0, 0.05) is 6.07 Å². The van der Waals surface area contributed by atoms with E-state index in [9.17, 15) is 8.78 Å². The van der Waals surface area contributed by atoms with E-state index in [0.717, 1.165) is 18.9 Å². The van der Waals surface area contributed by atoms with Crippen LogP contribution in [-0.2, 0) is 6.42 Å². The minimum Gasteiger partial charge on any atom is -0.330 e. The van der Waals surface area contributed by atoms with Crippen molar-refractivity contribution in [2.24, 2.45) is 17.6 Å². The molecule has 17 heavy (non-hydrogen) atoms. The van der Waals surface area contributed by atoms with Crippen LogP contribution in [0.15, 0.2) is 18.2 Å². The number of hydrogen-bond acceptors (Lipinski definition) is 1. The van der Waals surface area contributed by atoms with E-state index in [1.807, 2.05) is 0 Å². The molecule has 1 nitrogen and oxygen atoms in total. The summed E-state index contributed by atoms with van der Waals surface area (Å²) in [4.78, 5) is 0. The van der Waals surface area contributed by atoms with Gasteiger partial charge in [-0.2, -0.15) is 0 Å². The van der Waals surface area contributed by atoms with Crippen molar-refractivity contribution in [3.05, 3.63) is 35.4 Å². The van der Waals surface area contributed by atoms with Crippen molar-refractivity contribution >= 4 is 0 Å². The predicted molar refractivity (Wildman–Crippen MR) is 64.6 cm³/mol. The molecule has 0 amide bonds. The second-order valence-corrected chi connectivity index (χ2v) is 4.98. The smallest absolute Gasteiger partial charge is 0.129 e. The Hall–Kier alpha value is -0.960. The number of benzene rings is 1. The Morgan fingerprint density at radius 2 is 1.82 bits per heavy atom. The molecule has 1 saturated carbocycles. The van der Waals surface area contributed by atoms with Crippen LogP contribution < -0.4 is 5.73 Å². The minimum absolute atomic E-state index is 0.425. The summed E-state index contributed by atoms with van der Waals surface area (Å²) in [5.41, 5.74) is 6.38. The van der Waals surface area contributed by atoms with Crippen molar-refractivity contribution in [1.29, 1.82) is 0 Å². The van der Waals surface area contributed by atoms with Gasteiger partial charge in [0.25, 0.3) is 0 Å². The fraction of sp³-hybridized carbons (Fsp3) is 0.571. The van der Waals surface area contributed by atoms with Crippen molar-refractivity contribution in [2.75, 3.05) is 6.54 Å². The minimum atomic E-state index is -0.509. The second-order valence-electron chi connectivity index (χ2n) is 4.98. The lowest BCUT2D eigenvalue weighted by Gasteiger charge is -2.30. The summed E-state index contributed by atoms with van der Waals surface area (Å²) in [6.45, 7) is 0.674. The monoisotopic (exact) mass is 239 g/mol. The molecular formula is C14H19F2N. The first kappa shape index (κ1) is 12.5. The normalized spacial score (nSPS) is 24.9. The van der Waals surface area contributed by atoms with E-state index in [-0.39, 0.29) is 0 Å². The molecule has 1 aromatic rings. The molecule has 1 aliphatic carbocycles. The number of hydrogen-bond donors (Lipinski definition) is 1. The Labute approximate surface area is 101 Å². The van der Waals surface area contributed by atoms with Gasteiger partial charge < -0.3 is 5.73 Å². The van der Waals surface area contributed by atoms with Gasteiger partial charge in [-0.25, -0.2) is 8.78 Å². The Bertz CT molecular complexity index is 378. The summed E-state index contributed by atoms with van der Waals surface area (Å²) in [6, 6.07) is 3.86. The SMILES string of the molecule is NCC1CCCCC1Cc1ccc(F)cc1F. The molecule has 94 valence electrons. The van der Waals surface area contributed by atoms with Crippen LogP contribution in [0, 0.1) is 23.5 Å². The van der Waals surface area contributed by atoms with E-state index in [2.05, 4.69) is 0 Å². The highest BCUT2D eigenvalue weighted by Gasteiger charge is 2.24. The molecule has 3 heteroatoms. The average Bonchev–Trinajstić information content (AvgIpc) is 2.33. The van der Waals surface area contributed by atoms with Crippen LogP contribution in [0.25, 0.3) is 0 Å². The highest BCUT2D eigenvalue weighted by Crippen LogP contribution is 2.32. The zero-order valence-corrected chi connectivity index (χ0v) is 9.96. The van der Waals surface area contributed by atoms with Crippen molar-refractivity contribution in [3.8, 4) is 0 Å². The molecule has 1 aromatic carbocycles. The summed E-state index contributed by atoms with van der Waals surface area (Å²) in [7, 11) is 0. The summed E-state index contributed by atoms with van der Waals surface area (Å²) in [5.74, 6) is 0.0125. The largest absolute Gasteiger partial charge is 0.330 e. The van der Waals surface area contributed by atoms with Crippen LogP contribution >= 0.6 is 0 Å². The molecule has 0 radical (unpaired) electrons. The van der Waals surface area contributed by atoms with Gasteiger partial charge in [-0.3, -0.25) is 0 Å². The number of nitrogens with two attached hydrogens (primary N) is 1. The molecule has 1 aliphatic rings. The first-order valence-corrected chi connectivity index (χ1v) is 6.34. The maximum atomic E-state index is 13.6. The molecule has 2 N–H and O–H groups in total. The van der Waals surface area contributed by atoms with Crippen LogP contribution in [0.4, 0.5) is 8.78 Å². The highest BCUT2D eigenvalue weighted by atomic mass is 19.1. The molecule has 0 spiro atoms. The summed E-state index contributed by atoms with van der Waals surface area (Å²) >= 11 is 0. The first-order valence-electron chi connectivity index (χ1n) is 6.34. The fourth-order valence-corrected chi connectivity index (χ4v) is 2.83. The Balaban J connectivity index is 2.08. The Kier molecular flexibility index (Phi) is 4.11. The molecular weight excluding hydrogens is 220 g/mol. The Morgan fingerprint density at radius 1 is 1.12 bits per heavy atom. The van der Waals surface area contributed by atoms with E-state index < -0.39 is 11.6 Å². The molecule has 0 bridgehead atoms. The molecule has 1 fully saturated rings. The third-order valence-corrected chi connectivity index (χ3v) is 3.87. The molecule has 0 heterocycles. The van der Waals surface area contributed by atoms with Crippen LogP contribution in [0.1, 0.15) is 31.2 Å². The van der Waals surface area contributed by atoms with E-state index in [0.29, 0.717) is 30.4 Å². The van der Waals surface area contributed by atoms with Crippen LogP contribution in [-0.4, -0.2) is 6.54 Å². The van der Waals surface area contributed by atoms with Crippen molar-refractivity contribution < 1.29 is 8.78 Å². The average molecular weight is 239 g/mol. The predicted octanol–water partition coefficient (Wildman–Crippen LogP) is 3.27. The molecule has 2 atom stereocenters. The lowest BCUT2D eigenvalue weighted by atomic mass is 9.76. The summed E-state index contributed by atoms with van der Waals surface area (Å²) in [5, 5.41) is 0. The zero-order valence-electron chi connectivity index (χ0n) is 9.96. The number of halogens is 2. The van der Waals surface area contributed by atoms with E-state index >= 15 is 0 Å². The summed E-state index contributed by atoms with van der Waals surface area (Å²) < 4.78 is 26.4. The van der Waals surface area contributed by atoms with Gasteiger partial charge in [0.1, 0.15) is 11.6 Å².